The van der Waals surface area contributed by atoms with Crippen molar-refractivity contribution in [3.8, 4) is 11.5 Å². The second kappa shape index (κ2) is 7.80. The Bertz CT molecular complexity index is 616. The third-order valence-electron chi connectivity index (χ3n) is 3.64. The van der Waals surface area contributed by atoms with E-state index in [1.807, 2.05) is 31.2 Å². The molecule has 0 aliphatic rings. The van der Waals surface area contributed by atoms with Gasteiger partial charge in [0.15, 0.2) is 11.5 Å². The van der Waals surface area contributed by atoms with Gasteiger partial charge >= 0.3 is 0 Å². The Hall–Kier alpha value is -2.07. The molecule has 0 heterocycles. The minimum Gasteiger partial charge on any atom is -0.493 e. The fourth-order valence-electron chi connectivity index (χ4n) is 2.53. The number of halogens is 1. The molecule has 0 spiro atoms. The SMILES string of the molecule is CCOc1cc(CC(CN)c2ccccc2F)ccc1OC. The van der Waals surface area contributed by atoms with Crippen LogP contribution in [0.2, 0.25) is 0 Å². The number of rotatable bonds is 7. The van der Waals surface area contributed by atoms with Crippen LogP contribution in [0.25, 0.3) is 0 Å². The van der Waals surface area contributed by atoms with Crippen LogP contribution in [0.1, 0.15) is 24.0 Å². The van der Waals surface area contributed by atoms with E-state index in [1.165, 1.54) is 6.07 Å². The lowest BCUT2D eigenvalue weighted by Gasteiger charge is -2.17. The predicted molar refractivity (Wildman–Crippen MR) is 86.1 cm³/mol. The van der Waals surface area contributed by atoms with Gasteiger partial charge in [-0.3, -0.25) is 0 Å². The summed E-state index contributed by atoms with van der Waals surface area (Å²) >= 11 is 0. The highest BCUT2D eigenvalue weighted by atomic mass is 19.1. The Morgan fingerprint density at radius 2 is 1.91 bits per heavy atom. The summed E-state index contributed by atoms with van der Waals surface area (Å²) in [6.07, 6.45) is 0.654. The number of methoxy groups -OCH3 is 1. The summed E-state index contributed by atoms with van der Waals surface area (Å²) in [6, 6.07) is 12.6. The quantitative estimate of drug-likeness (QED) is 0.851. The summed E-state index contributed by atoms with van der Waals surface area (Å²) in [4.78, 5) is 0. The lowest BCUT2D eigenvalue weighted by molar-refractivity contribution is 0.310. The summed E-state index contributed by atoms with van der Waals surface area (Å²) in [6.45, 7) is 2.87. The molecule has 0 fully saturated rings. The zero-order valence-electron chi connectivity index (χ0n) is 13.0. The summed E-state index contributed by atoms with van der Waals surface area (Å²) in [7, 11) is 1.61. The number of hydrogen-bond donors (Lipinski definition) is 1. The van der Waals surface area contributed by atoms with Gasteiger partial charge in [0.1, 0.15) is 5.82 Å². The third-order valence-corrected chi connectivity index (χ3v) is 3.64. The molecule has 118 valence electrons. The highest BCUT2D eigenvalue weighted by Crippen LogP contribution is 2.30. The molecule has 2 aromatic carbocycles. The first-order valence-corrected chi connectivity index (χ1v) is 7.43. The van der Waals surface area contributed by atoms with Crippen molar-refractivity contribution in [2.75, 3.05) is 20.3 Å². The molecule has 3 nitrogen and oxygen atoms in total. The van der Waals surface area contributed by atoms with E-state index >= 15 is 0 Å². The molecule has 2 rings (SSSR count). The Morgan fingerprint density at radius 1 is 1.14 bits per heavy atom. The maximum atomic E-state index is 13.9. The molecular weight excluding hydrogens is 281 g/mol. The van der Waals surface area contributed by atoms with E-state index in [0.717, 1.165) is 5.56 Å². The van der Waals surface area contributed by atoms with Gasteiger partial charge in [-0.2, -0.15) is 0 Å². The van der Waals surface area contributed by atoms with Crippen LogP contribution in [0.4, 0.5) is 4.39 Å². The van der Waals surface area contributed by atoms with E-state index in [4.69, 9.17) is 15.2 Å². The maximum Gasteiger partial charge on any atom is 0.161 e. The van der Waals surface area contributed by atoms with Crippen molar-refractivity contribution in [1.82, 2.24) is 0 Å². The zero-order valence-corrected chi connectivity index (χ0v) is 13.0. The summed E-state index contributed by atoms with van der Waals surface area (Å²) in [5, 5.41) is 0. The molecule has 0 aromatic heterocycles. The highest BCUT2D eigenvalue weighted by Gasteiger charge is 2.16. The maximum absolute atomic E-state index is 13.9. The molecule has 2 aromatic rings. The normalized spacial score (nSPS) is 12.0. The molecule has 1 atom stereocenters. The van der Waals surface area contributed by atoms with Crippen LogP contribution in [0.3, 0.4) is 0 Å². The van der Waals surface area contributed by atoms with Gasteiger partial charge in [-0.15, -0.1) is 0 Å². The van der Waals surface area contributed by atoms with Gasteiger partial charge in [-0.05, 0) is 49.2 Å². The molecule has 0 amide bonds. The van der Waals surface area contributed by atoms with Gasteiger partial charge in [-0.25, -0.2) is 4.39 Å². The molecular formula is C18H22FNO2. The number of nitrogens with two attached hydrogens (primary N) is 1. The molecule has 0 saturated heterocycles. The van der Waals surface area contributed by atoms with Crippen LogP contribution in [0.5, 0.6) is 11.5 Å². The smallest absolute Gasteiger partial charge is 0.161 e. The fraction of sp³-hybridized carbons (Fsp3) is 0.333. The van der Waals surface area contributed by atoms with Crippen LogP contribution in [-0.4, -0.2) is 20.3 Å². The second-order valence-electron chi connectivity index (χ2n) is 5.08. The van der Waals surface area contributed by atoms with Gasteiger partial charge in [-0.1, -0.05) is 24.3 Å². The standard InChI is InChI=1S/C18H22FNO2/c1-3-22-18-11-13(8-9-17(18)21-2)10-14(12-20)15-6-4-5-7-16(15)19/h4-9,11,14H,3,10,12,20H2,1-2H3. The molecule has 4 heteroatoms. The van der Waals surface area contributed by atoms with E-state index in [9.17, 15) is 4.39 Å². The first-order chi connectivity index (χ1) is 10.7. The Labute approximate surface area is 130 Å². The van der Waals surface area contributed by atoms with Crippen LogP contribution in [0, 0.1) is 5.82 Å². The molecule has 0 aliphatic carbocycles. The minimum absolute atomic E-state index is 0.0657. The van der Waals surface area contributed by atoms with Crippen molar-refractivity contribution in [1.29, 1.82) is 0 Å². The Balaban J connectivity index is 2.24. The van der Waals surface area contributed by atoms with E-state index in [0.29, 0.717) is 36.6 Å². The predicted octanol–water partition coefficient (Wildman–Crippen LogP) is 3.52. The van der Waals surface area contributed by atoms with E-state index < -0.39 is 0 Å². The molecule has 1 unspecified atom stereocenters. The molecule has 2 N–H and O–H groups in total. The van der Waals surface area contributed by atoms with Crippen molar-refractivity contribution in [2.45, 2.75) is 19.3 Å². The summed E-state index contributed by atoms with van der Waals surface area (Å²) in [5.41, 5.74) is 7.55. The van der Waals surface area contributed by atoms with Crippen molar-refractivity contribution in [3.05, 3.63) is 59.4 Å². The summed E-state index contributed by atoms with van der Waals surface area (Å²) in [5.74, 6) is 1.12. The van der Waals surface area contributed by atoms with Crippen LogP contribution in [0.15, 0.2) is 42.5 Å². The molecule has 0 saturated carbocycles. The average molecular weight is 303 g/mol. The van der Waals surface area contributed by atoms with Gasteiger partial charge in [0.25, 0.3) is 0 Å². The van der Waals surface area contributed by atoms with Gasteiger partial charge < -0.3 is 15.2 Å². The van der Waals surface area contributed by atoms with Crippen LogP contribution >= 0.6 is 0 Å². The van der Waals surface area contributed by atoms with Gasteiger partial charge in [0, 0.05) is 5.92 Å². The van der Waals surface area contributed by atoms with Crippen LogP contribution in [-0.2, 0) is 6.42 Å². The van der Waals surface area contributed by atoms with E-state index in [-0.39, 0.29) is 11.7 Å². The number of hydrogen-bond acceptors (Lipinski definition) is 3. The van der Waals surface area contributed by atoms with Gasteiger partial charge in [0.2, 0.25) is 0 Å². The summed E-state index contributed by atoms with van der Waals surface area (Å²) < 4.78 is 24.8. The molecule has 0 radical (unpaired) electrons. The highest BCUT2D eigenvalue weighted by molar-refractivity contribution is 5.43. The first kappa shape index (κ1) is 16.3. The van der Waals surface area contributed by atoms with Crippen molar-refractivity contribution >= 4 is 0 Å². The van der Waals surface area contributed by atoms with Crippen molar-refractivity contribution in [3.63, 3.8) is 0 Å². The van der Waals surface area contributed by atoms with Crippen LogP contribution < -0.4 is 15.2 Å². The molecule has 0 bridgehead atoms. The third kappa shape index (κ3) is 3.77. The molecule has 0 aliphatic heterocycles. The lowest BCUT2D eigenvalue weighted by Crippen LogP contribution is -2.16. The average Bonchev–Trinajstić information content (AvgIpc) is 2.54. The lowest BCUT2D eigenvalue weighted by atomic mass is 9.91. The zero-order chi connectivity index (χ0) is 15.9. The largest absolute Gasteiger partial charge is 0.493 e. The first-order valence-electron chi connectivity index (χ1n) is 7.43. The van der Waals surface area contributed by atoms with E-state index in [2.05, 4.69) is 0 Å². The fourth-order valence-corrected chi connectivity index (χ4v) is 2.53. The number of ether oxygens (including phenoxy) is 2. The topological polar surface area (TPSA) is 44.5 Å². The van der Waals surface area contributed by atoms with Crippen molar-refractivity contribution in [2.24, 2.45) is 5.73 Å². The Morgan fingerprint density at radius 3 is 2.55 bits per heavy atom. The minimum atomic E-state index is -0.212. The molecule has 22 heavy (non-hydrogen) atoms. The Kier molecular flexibility index (Phi) is 5.78. The van der Waals surface area contributed by atoms with Crippen molar-refractivity contribution < 1.29 is 13.9 Å². The number of benzene rings is 2. The van der Waals surface area contributed by atoms with Gasteiger partial charge in [0.05, 0.1) is 13.7 Å². The monoisotopic (exact) mass is 303 g/mol. The van der Waals surface area contributed by atoms with E-state index in [1.54, 1.807) is 19.2 Å². The second-order valence-corrected chi connectivity index (χ2v) is 5.08.